The fraction of sp³-hybridized carbons (Fsp3) is 0.273. The lowest BCUT2D eigenvalue weighted by Crippen LogP contribution is -2.13. The molecule has 7 heteroatoms. The van der Waals surface area contributed by atoms with Crippen LogP contribution in [0.2, 0.25) is 0 Å². The first kappa shape index (κ1) is 20.6. The van der Waals surface area contributed by atoms with Crippen molar-refractivity contribution in [2.75, 3.05) is 7.11 Å². The summed E-state index contributed by atoms with van der Waals surface area (Å²) in [7, 11) is 1.39. The predicted molar refractivity (Wildman–Crippen MR) is 128 cm³/mol. The van der Waals surface area contributed by atoms with Crippen molar-refractivity contribution in [3.8, 4) is 11.3 Å². The average molecular weight is 536 g/mol. The Kier molecular flexibility index (Phi) is 5.34. The summed E-state index contributed by atoms with van der Waals surface area (Å²) in [5.41, 5.74) is 8.70. The highest BCUT2D eigenvalue weighted by atomic mass is 79.9. The van der Waals surface area contributed by atoms with Crippen molar-refractivity contribution < 1.29 is 9.53 Å². The molecular weight excluding hydrogens is 516 g/mol. The quantitative estimate of drug-likeness (QED) is 0.249. The Bertz CT molecular complexity index is 1270. The molecule has 0 aliphatic rings. The van der Waals surface area contributed by atoms with Gasteiger partial charge in [-0.15, -0.1) is 11.3 Å². The number of methoxy groups -OCH3 is 1. The van der Waals surface area contributed by atoms with Crippen LogP contribution in [0.25, 0.3) is 31.6 Å². The summed E-state index contributed by atoms with van der Waals surface area (Å²) in [4.78, 5) is 12.6. The minimum atomic E-state index is -0.478. The van der Waals surface area contributed by atoms with Gasteiger partial charge in [-0.25, -0.2) is 4.79 Å². The lowest BCUT2D eigenvalue weighted by Gasteiger charge is -2.11. The number of nitrogens with zero attached hydrogens (tertiary/aromatic N) is 2. The fourth-order valence-corrected chi connectivity index (χ4v) is 5.72. The van der Waals surface area contributed by atoms with Gasteiger partial charge in [0.1, 0.15) is 11.2 Å². The Balaban J connectivity index is 2.10. The molecule has 0 N–H and O–H groups in total. The second-order valence-corrected chi connectivity index (χ2v) is 11.2. The Morgan fingerprint density at radius 3 is 2.21 bits per heavy atom. The molecule has 0 bridgehead atoms. The molecule has 0 spiro atoms. The molecule has 4 rings (SSSR count). The summed E-state index contributed by atoms with van der Waals surface area (Å²) < 4.78 is 8.75. The van der Waals surface area contributed by atoms with E-state index in [1.807, 2.05) is 24.3 Å². The van der Waals surface area contributed by atoms with Crippen LogP contribution in [0.5, 0.6) is 0 Å². The van der Waals surface area contributed by atoms with E-state index in [0.717, 1.165) is 32.4 Å². The zero-order valence-corrected chi connectivity index (χ0v) is 20.8. The Morgan fingerprint density at radius 1 is 1.00 bits per heavy atom. The summed E-state index contributed by atoms with van der Waals surface area (Å²) in [6, 6.07) is 8.17. The van der Waals surface area contributed by atoms with Gasteiger partial charge in [-0.1, -0.05) is 56.1 Å². The van der Waals surface area contributed by atoms with E-state index in [1.165, 1.54) is 38.7 Å². The maximum Gasteiger partial charge on any atom is 0.435 e. The number of benzene rings is 2. The van der Waals surface area contributed by atoms with E-state index < -0.39 is 6.09 Å². The van der Waals surface area contributed by atoms with Gasteiger partial charge in [0.25, 0.3) is 0 Å². The predicted octanol–water partition coefficient (Wildman–Crippen LogP) is 7.55. The van der Waals surface area contributed by atoms with Crippen molar-refractivity contribution >= 4 is 69.6 Å². The summed E-state index contributed by atoms with van der Waals surface area (Å²) in [6.45, 7) is 8.56. The number of hydrogen-bond acceptors (Lipinski definition) is 4. The van der Waals surface area contributed by atoms with Crippen LogP contribution in [0.15, 0.2) is 24.3 Å². The van der Waals surface area contributed by atoms with Crippen molar-refractivity contribution in [1.82, 2.24) is 9.78 Å². The molecular formula is C22H20Br2N2O2S. The van der Waals surface area contributed by atoms with E-state index in [0.29, 0.717) is 0 Å². The van der Waals surface area contributed by atoms with Crippen molar-refractivity contribution in [1.29, 1.82) is 0 Å². The monoisotopic (exact) mass is 534 g/mol. The number of carbonyl (C=O) groups excluding carboxylic acids is 1. The molecule has 0 fully saturated rings. The first-order chi connectivity index (χ1) is 13.8. The molecule has 0 amide bonds. The van der Waals surface area contributed by atoms with Crippen LogP contribution >= 0.6 is 43.2 Å². The Hall–Kier alpha value is -1.70. The average Bonchev–Trinajstić information content (AvgIpc) is 3.27. The van der Waals surface area contributed by atoms with E-state index in [-0.39, 0.29) is 3.74 Å². The number of hydrogen-bond donors (Lipinski definition) is 0. The van der Waals surface area contributed by atoms with Crippen LogP contribution in [-0.2, 0) is 4.74 Å². The van der Waals surface area contributed by atoms with Gasteiger partial charge in [-0.05, 0) is 55.5 Å². The maximum absolute atomic E-state index is 12.6. The molecule has 4 nitrogen and oxygen atoms in total. The highest BCUT2D eigenvalue weighted by molar-refractivity contribution is 9.24. The van der Waals surface area contributed by atoms with Gasteiger partial charge < -0.3 is 4.74 Å². The second kappa shape index (κ2) is 7.52. The normalized spacial score (nSPS) is 11.7. The Morgan fingerprint density at radius 2 is 1.62 bits per heavy atom. The number of fused-ring (bicyclic) bond motifs is 3. The highest BCUT2D eigenvalue weighted by Crippen LogP contribution is 2.44. The number of thiophene rings is 1. The zero-order valence-electron chi connectivity index (χ0n) is 16.8. The number of aromatic nitrogens is 2. The molecule has 0 saturated heterocycles. The molecule has 0 unspecified atom stereocenters. The molecule has 0 atom stereocenters. The van der Waals surface area contributed by atoms with E-state index in [2.05, 4.69) is 64.7 Å². The third-order valence-corrected chi connectivity index (χ3v) is 8.06. The largest absolute Gasteiger partial charge is 0.451 e. The van der Waals surface area contributed by atoms with Crippen LogP contribution in [0.1, 0.15) is 31.6 Å². The molecule has 0 aliphatic carbocycles. The van der Waals surface area contributed by atoms with Crippen molar-refractivity contribution in [2.45, 2.75) is 31.4 Å². The lowest BCUT2D eigenvalue weighted by atomic mass is 9.96. The first-order valence-electron chi connectivity index (χ1n) is 9.14. The molecule has 150 valence electrons. The highest BCUT2D eigenvalue weighted by Gasteiger charge is 2.25. The standard InChI is InChI=1S/C22H20Br2N2O2S/c1-10-11(2)13(4)19-16(12(10)3)18-20(29-19)17(25-26(18)22(27)28-5)14-6-8-15(9-7-14)21(23)24/h6-9,21H,1-5H3. The van der Waals surface area contributed by atoms with E-state index in [4.69, 9.17) is 4.74 Å². The summed E-state index contributed by atoms with van der Waals surface area (Å²) in [6.07, 6.45) is -0.478. The molecule has 0 radical (unpaired) electrons. The molecule has 0 aliphatic heterocycles. The summed E-state index contributed by atoms with van der Waals surface area (Å²) in [5, 5.41) is 5.76. The van der Waals surface area contributed by atoms with Crippen LogP contribution in [0, 0.1) is 27.7 Å². The Labute approximate surface area is 190 Å². The number of rotatable bonds is 2. The number of carbonyl (C=O) groups is 1. The fourth-order valence-electron chi connectivity index (χ4n) is 3.71. The van der Waals surface area contributed by atoms with Crippen LogP contribution in [0.3, 0.4) is 0 Å². The van der Waals surface area contributed by atoms with Gasteiger partial charge in [-0.2, -0.15) is 9.78 Å². The molecule has 2 heterocycles. The topological polar surface area (TPSA) is 44.1 Å². The van der Waals surface area contributed by atoms with Gasteiger partial charge in [0, 0.05) is 15.6 Å². The minimum absolute atomic E-state index is 0.0947. The maximum atomic E-state index is 12.6. The zero-order chi connectivity index (χ0) is 21.0. The number of aryl methyl sites for hydroxylation is 2. The van der Waals surface area contributed by atoms with Crippen molar-refractivity contribution in [2.24, 2.45) is 0 Å². The van der Waals surface area contributed by atoms with Gasteiger partial charge >= 0.3 is 6.09 Å². The van der Waals surface area contributed by atoms with Gasteiger partial charge in [0.2, 0.25) is 0 Å². The third-order valence-electron chi connectivity index (χ3n) is 5.70. The van der Waals surface area contributed by atoms with Crippen LogP contribution in [-0.4, -0.2) is 23.0 Å². The van der Waals surface area contributed by atoms with E-state index >= 15 is 0 Å². The molecule has 2 aromatic carbocycles. The SMILES string of the molecule is COC(=O)n1nc(-c2ccc(C(Br)Br)cc2)c2sc3c(C)c(C)c(C)c(C)c3c21. The lowest BCUT2D eigenvalue weighted by molar-refractivity contribution is 0.170. The summed E-state index contributed by atoms with van der Waals surface area (Å²) >= 11 is 8.75. The summed E-state index contributed by atoms with van der Waals surface area (Å²) in [5.74, 6) is 0. The van der Waals surface area contributed by atoms with E-state index in [9.17, 15) is 4.79 Å². The van der Waals surface area contributed by atoms with Crippen LogP contribution in [0.4, 0.5) is 4.79 Å². The molecule has 0 saturated carbocycles. The smallest absolute Gasteiger partial charge is 0.435 e. The van der Waals surface area contributed by atoms with Gasteiger partial charge in [0.15, 0.2) is 0 Å². The minimum Gasteiger partial charge on any atom is -0.451 e. The number of ether oxygens (including phenoxy) is 1. The van der Waals surface area contributed by atoms with Crippen molar-refractivity contribution in [3.63, 3.8) is 0 Å². The third kappa shape index (κ3) is 3.14. The number of halogens is 2. The molecule has 4 aromatic rings. The first-order valence-corrected chi connectivity index (χ1v) is 11.8. The molecule has 29 heavy (non-hydrogen) atoms. The van der Waals surface area contributed by atoms with Crippen molar-refractivity contribution in [3.05, 3.63) is 52.1 Å². The van der Waals surface area contributed by atoms with E-state index in [1.54, 1.807) is 11.3 Å². The second-order valence-electron chi connectivity index (χ2n) is 7.14. The van der Waals surface area contributed by atoms with Gasteiger partial charge in [-0.3, -0.25) is 0 Å². The number of alkyl halides is 2. The molecule has 2 aromatic heterocycles. The van der Waals surface area contributed by atoms with Crippen LogP contribution < -0.4 is 0 Å². The van der Waals surface area contributed by atoms with Gasteiger partial charge in [0.05, 0.1) is 15.5 Å².